The van der Waals surface area contributed by atoms with Crippen molar-refractivity contribution in [1.29, 1.82) is 0 Å². The minimum atomic E-state index is -0.953. The molecule has 0 aliphatic carbocycles. The van der Waals surface area contributed by atoms with Crippen LogP contribution in [0.25, 0.3) is 33.7 Å². The Hall–Kier alpha value is -4.36. The summed E-state index contributed by atoms with van der Waals surface area (Å²) in [6, 6.07) is 46.8. The molecule has 6 aromatic carbocycles. The molecule has 2 heterocycles. The Morgan fingerprint density at radius 3 is 1.27 bits per heavy atom. The van der Waals surface area contributed by atoms with Gasteiger partial charge in [-0.2, -0.15) is 0 Å². The number of rotatable bonds is 9. The number of carbonyl (C=O) groups is 2. The minimum Gasteiger partial charge on any atom is -0.417 e. The number of amides is 2. The zero-order valence-corrected chi connectivity index (χ0v) is 34.5. The zero-order chi connectivity index (χ0) is 35.4. The normalized spacial score (nSPS) is 13.3. The van der Waals surface area contributed by atoms with Gasteiger partial charge >= 0.3 is 74.6 Å². The Morgan fingerprint density at radius 1 is 0.519 bits per heavy atom. The van der Waals surface area contributed by atoms with Gasteiger partial charge in [0.25, 0.3) is 0 Å². The zero-order valence-electron chi connectivity index (χ0n) is 29.6. The van der Waals surface area contributed by atoms with Crippen molar-refractivity contribution in [2.75, 3.05) is 36.0 Å². The van der Waals surface area contributed by atoms with E-state index in [0.717, 1.165) is 0 Å². The summed E-state index contributed by atoms with van der Waals surface area (Å²) in [5.74, 6) is 0. The van der Waals surface area contributed by atoms with E-state index in [0.29, 0.717) is 12.8 Å². The van der Waals surface area contributed by atoms with E-state index in [2.05, 4.69) is 139 Å². The maximum atomic E-state index is 9.45. The van der Waals surface area contributed by atoms with E-state index in [1.54, 1.807) is 0 Å². The number of fused-ring (bicyclic) bond motifs is 2. The fourth-order valence-electron chi connectivity index (χ4n) is 6.31. The molecule has 2 saturated heterocycles. The number of nitrogens with zero attached hydrogens (tertiary/aromatic N) is 2. The summed E-state index contributed by atoms with van der Waals surface area (Å²) in [4.78, 5) is 23.9. The average Bonchev–Trinajstić information content (AvgIpc) is 4.03. The van der Waals surface area contributed by atoms with Crippen LogP contribution >= 0.6 is 0 Å². The van der Waals surface area contributed by atoms with Crippen molar-refractivity contribution in [1.82, 2.24) is 8.05 Å². The summed E-state index contributed by atoms with van der Waals surface area (Å²) in [5, 5.41) is 5.56. The third-order valence-electron chi connectivity index (χ3n) is 8.80. The smallest absolute Gasteiger partial charge is 0.417 e. The number of carbonyl (C=O) groups excluding carboxylic acids is 2. The van der Waals surface area contributed by atoms with Crippen molar-refractivity contribution in [2.45, 2.75) is 25.7 Å². The maximum Gasteiger partial charge on any atom is 2.00 e. The van der Waals surface area contributed by atoms with Gasteiger partial charge in [-0.15, -0.1) is 82.2 Å². The first kappa shape index (κ1) is 40.4. The largest absolute Gasteiger partial charge is 2.00 e. The summed E-state index contributed by atoms with van der Waals surface area (Å²) in [6.07, 6.45) is 14.9. The molecule has 6 aromatic rings. The van der Waals surface area contributed by atoms with Gasteiger partial charge in [-0.25, -0.2) is 0 Å². The second kappa shape index (κ2) is 23.3. The Morgan fingerprint density at radius 2 is 0.885 bits per heavy atom. The number of allylic oxidation sites excluding steroid dienone is 2. The van der Waals surface area contributed by atoms with E-state index < -0.39 is 17.9 Å². The molecule has 8 rings (SSSR count). The van der Waals surface area contributed by atoms with E-state index in [1.807, 2.05) is 36.4 Å². The van der Waals surface area contributed by atoms with Gasteiger partial charge in [-0.1, -0.05) is 108 Å². The van der Waals surface area contributed by atoms with Crippen molar-refractivity contribution in [3.8, 4) is 0 Å². The van der Waals surface area contributed by atoms with Gasteiger partial charge in [0.15, 0.2) is 0 Å². The first-order chi connectivity index (χ1) is 25.3. The Kier molecular flexibility index (Phi) is 18.1. The predicted molar refractivity (Wildman–Crippen MR) is 217 cm³/mol. The molecule has 2 fully saturated rings. The molecule has 1 radical (unpaired) electrons. The van der Waals surface area contributed by atoms with Crippen LogP contribution in [0.4, 0.5) is 11.4 Å². The summed E-state index contributed by atoms with van der Waals surface area (Å²) in [5.41, 5.74) is 5.30. The molecule has 8 heteroatoms. The van der Waals surface area contributed by atoms with Crippen LogP contribution in [0.15, 0.2) is 146 Å². The molecule has 2 N–H and O–H groups in total. The van der Waals surface area contributed by atoms with Crippen molar-refractivity contribution < 1.29 is 35.8 Å². The van der Waals surface area contributed by atoms with Crippen LogP contribution in [0, 0.1) is 0 Å². The van der Waals surface area contributed by atoms with Crippen LogP contribution in [0.2, 0.25) is 0 Å². The van der Waals surface area contributed by atoms with E-state index in [-0.39, 0.29) is 26.2 Å². The summed E-state index contributed by atoms with van der Waals surface area (Å²) in [6.45, 7) is 4.92. The molecule has 0 atom stereocenters. The van der Waals surface area contributed by atoms with E-state index in [1.165, 1.54) is 95.9 Å². The Balaban J connectivity index is 0.000000159. The van der Waals surface area contributed by atoms with Crippen molar-refractivity contribution in [3.05, 3.63) is 157 Å². The number of benzene rings is 4. The van der Waals surface area contributed by atoms with Crippen LogP contribution < -0.4 is 17.8 Å². The number of anilines is 2. The monoisotopic (exact) mass is 821 g/mol. The standard InChI is InChI=1S/C16H14.2C13H14N.2CH3NO.Ga.Zr/c1-3-9-15(10-4-1)13-7-8-14-16-11-5-2-6-12-16;2*1-2-6-12-11(5-1)7-8-13(12)14-9-3-4-10-14;2*2-1-3;;/h1-14H;2*1-2,5-8H,3-4,9-10H2;2*1H,(H2,2,3);;/q;2*-1;;;2*+2/p-2. The van der Waals surface area contributed by atoms with Gasteiger partial charge in [-0.05, 0) is 36.8 Å². The summed E-state index contributed by atoms with van der Waals surface area (Å²) >= 11 is -0.953. The second-order valence-electron chi connectivity index (χ2n) is 12.3. The predicted octanol–water partition coefficient (Wildman–Crippen LogP) is 8.74. The van der Waals surface area contributed by atoms with Crippen molar-refractivity contribution >= 4 is 75.8 Å². The van der Waals surface area contributed by atoms with Gasteiger partial charge < -0.3 is 9.80 Å². The molecular formula is C44H46GaN4O2Zr. The molecule has 2 aliphatic rings. The molecule has 2 aliphatic heterocycles. The molecule has 0 saturated carbocycles. The average molecular weight is 824 g/mol. The van der Waals surface area contributed by atoms with Crippen LogP contribution in [0.3, 0.4) is 0 Å². The molecule has 0 bridgehead atoms. The molecule has 52 heavy (non-hydrogen) atoms. The maximum absolute atomic E-state index is 9.45. The summed E-state index contributed by atoms with van der Waals surface area (Å²) in [7, 11) is 0. The van der Waals surface area contributed by atoms with Gasteiger partial charge in [0.1, 0.15) is 0 Å². The topological polar surface area (TPSA) is 64.7 Å². The van der Waals surface area contributed by atoms with E-state index in [9.17, 15) is 9.59 Å². The van der Waals surface area contributed by atoms with Gasteiger partial charge in [0.05, 0.1) is 0 Å². The molecule has 261 valence electrons. The van der Waals surface area contributed by atoms with Crippen LogP contribution in [0.1, 0.15) is 36.8 Å². The van der Waals surface area contributed by atoms with Gasteiger partial charge in [0.2, 0.25) is 0 Å². The second-order valence-corrected chi connectivity index (χ2v) is 14.3. The van der Waals surface area contributed by atoms with Crippen LogP contribution in [-0.2, 0) is 35.8 Å². The molecule has 0 unspecified atom stereocenters. The van der Waals surface area contributed by atoms with Crippen molar-refractivity contribution in [2.24, 2.45) is 0 Å². The van der Waals surface area contributed by atoms with E-state index >= 15 is 0 Å². The molecule has 6 nitrogen and oxygen atoms in total. The first-order valence-electron chi connectivity index (χ1n) is 17.7. The molecule has 0 aromatic heterocycles. The number of hydrogen-bond donors (Lipinski definition) is 2. The summed E-state index contributed by atoms with van der Waals surface area (Å²) < 4.78 is 4.76. The fraction of sp³-hybridized carbons (Fsp3) is 0.182. The van der Waals surface area contributed by atoms with Crippen LogP contribution in [0.5, 0.6) is 0 Å². The molecule has 0 spiro atoms. The third-order valence-corrected chi connectivity index (χ3v) is 10.1. The Bertz CT molecular complexity index is 1800. The Labute approximate surface area is 335 Å². The van der Waals surface area contributed by atoms with Gasteiger partial charge in [-0.3, -0.25) is 0 Å². The first-order valence-corrected chi connectivity index (χ1v) is 20.1. The SMILES string of the molecule is C(C=Cc1ccccc1)=Cc1ccccc1.O=C[NH][Ga][NH]C=O.[Zr+2].c1ccc2c(N3CCCC3)c[cH-]c2c1.c1ccc2c(N3CCCC3)c[cH-]c2c1. The minimum absolute atomic E-state index is 0. The number of nitrogens with one attached hydrogen (secondary N) is 2. The fourth-order valence-corrected chi connectivity index (χ4v) is 6.80. The third kappa shape index (κ3) is 12.7. The van der Waals surface area contributed by atoms with E-state index in [4.69, 9.17) is 0 Å². The van der Waals surface area contributed by atoms with Crippen molar-refractivity contribution in [3.63, 3.8) is 0 Å². The number of hydrogen-bond acceptors (Lipinski definition) is 4. The van der Waals surface area contributed by atoms with Crippen LogP contribution in [-0.4, -0.2) is 56.9 Å². The quantitative estimate of drug-likeness (QED) is 0.0504. The molecular weight excluding hydrogens is 777 g/mol. The molecule has 2 amide bonds. The van der Waals surface area contributed by atoms with Gasteiger partial charge in [0, 0.05) is 26.2 Å².